The molecule has 0 saturated heterocycles. The smallest absolute Gasteiger partial charge is 0.339 e. The van der Waals surface area contributed by atoms with E-state index in [1.54, 1.807) is 6.92 Å². The molecular formula is C22H25N3O4. The summed E-state index contributed by atoms with van der Waals surface area (Å²) in [4.78, 5) is 30.8. The Hall–Kier alpha value is -2.93. The molecule has 0 amide bonds. The predicted octanol–water partition coefficient (Wildman–Crippen LogP) is 2.54. The maximum absolute atomic E-state index is 12.2. The van der Waals surface area contributed by atoms with Crippen molar-refractivity contribution >= 4 is 11.0 Å². The molecule has 2 heterocycles. The molecule has 0 spiro atoms. The van der Waals surface area contributed by atoms with Crippen LogP contribution in [-0.2, 0) is 19.4 Å². The zero-order chi connectivity index (χ0) is 20.5. The first-order valence-electron chi connectivity index (χ1n) is 9.93. The first-order valence-corrected chi connectivity index (χ1v) is 9.93. The second kappa shape index (κ2) is 7.83. The average Bonchev–Trinajstić information content (AvgIpc) is 3.13. The topological polar surface area (TPSA) is 97.2 Å². The monoisotopic (exact) mass is 395 g/mol. The third-order valence-corrected chi connectivity index (χ3v) is 5.21. The van der Waals surface area contributed by atoms with Crippen LogP contribution in [0.15, 0.2) is 32.2 Å². The van der Waals surface area contributed by atoms with E-state index in [0.717, 1.165) is 47.1 Å². The van der Waals surface area contributed by atoms with E-state index in [-0.39, 0.29) is 17.2 Å². The summed E-state index contributed by atoms with van der Waals surface area (Å²) in [6.07, 6.45) is 2.60. The van der Waals surface area contributed by atoms with Crippen molar-refractivity contribution in [3.05, 3.63) is 67.2 Å². The number of aromatic amines is 1. The summed E-state index contributed by atoms with van der Waals surface area (Å²) in [6.45, 7) is 6.66. The first kappa shape index (κ1) is 19.4. The number of hydrogen-bond donors (Lipinski definition) is 2. The highest BCUT2D eigenvalue weighted by molar-refractivity contribution is 5.88. The summed E-state index contributed by atoms with van der Waals surface area (Å²) in [5.74, 6) is 1.35. The number of H-pyrrole nitrogens is 1. The van der Waals surface area contributed by atoms with Gasteiger partial charge in [0.1, 0.15) is 23.8 Å². The van der Waals surface area contributed by atoms with Crippen molar-refractivity contribution in [2.45, 2.75) is 52.6 Å². The molecule has 152 valence electrons. The molecule has 0 bridgehead atoms. The molecule has 1 aromatic carbocycles. The van der Waals surface area contributed by atoms with Gasteiger partial charge in [-0.15, -0.1) is 0 Å². The van der Waals surface area contributed by atoms with Gasteiger partial charge in [-0.25, -0.2) is 9.78 Å². The molecule has 0 aliphatic heterocycles. The lowest BCUT2D eigenvalue weighted by atomic mass is 10.0. The van der Waals surface area contributed by atoms with Gasteiger partial charge >= 0.3 is 5.63 Å². The Labute approximate surface area is 168 Å². The van der Waals surface area contributed by atoms with Crippen molar-refractivity contribution in [3.63, 3.8) is 0 Å². The molecule has 2 aromatic heterocycles. The summed E-state index contributed by atoms with van der Waals surface area (Å²) in [5, 5.41) is 4.25. The van der Waals surface area contributed by atoms with Crippen LogP contribution in [0.5, 0.6) is 5.75 Å². The van der Waals surface area contributed by atoms with E-state index in [2.05, 4.69) is 15.3 Å². The molecule has 0 saturated carbocycles. The van der Waals surface area contributed by atoms with Crippen LogP contribution in [0.1, 0.15) is 41.6 Å². The van der Waals surface area contributed by atoms with Crippen molar-refractivity contribution in [3.8, 4) is 5.75 Å². The van der Waals surface area contributed by atoms with Crippen molar-refractivity contribution < 1.29 is 9.15 Å². The summed E-state index contributed by atoms with van der Waals surface area (Å²) in [7, 11) is 0. The van der Waals surface area contributed by atoms with E-state index in [1.807, 2.05) is 26.0 Å². The number of benzene rings is 1. The fourth-order valence-electron chi connectivity index (χ4n) is 3.90. The van der Waals surface area contributed by atoms with Crippen LogP contribution in [0.2, 0.25) is 0 Å². The minimum Gasteiger partial charge on any atom is -0.491 e. The zero-order valence-electron chi connectivity index (χ0n) is 16.9. The molecule has 1 unspecified atom stereocenters. The van der Waals surface area contributed by atoms with E-state index in [4.69, 9.17) is 9.15 Å². The molecular weight excluding hydrogens is 370 g/mol. The first-order chi connectivity index (χ1) is 13.9. The number of hydrogen-bond acceptors (Lipinski definition) is 6. The van der Waals surface area contributed by atoms with E-state index in [0.29, 0.717) is 30.3 Å². The average molecular weight is 395 g/mol. The fraction of sp³-hybridized carbons (Fsp3) is 0.409. The molecule has 3 aromatic rings. The van der Waals surface area contributed by atoms with E-state index in [1.165, 1.54) is 6.07 Å². The molecule has 0 fully saturated rings. The van der Waals surface area contributed by atoms with Crippen LogP contribution < -0.4 is 21.2 Å². The highest BCUT2D eigenvalue weighted by Gasteiger charge is 2.22. The van der Waals surface area contributed by atoms with Gasteiger partial charge in [-0.2, -0.15) is 0 Å². The van der Waals surface area contributed by atoms with Gasteiger partial charge in [-0.3, -0.25) is 4.79 Å². The molecule has 2 N–H and O–H groups in total. The van der Waals surface area contributed by atoms with Crippen molar-refractivity contribution in [2.75, 3.05) is 6.61 Å². The predicted molar refractivity (Wildman–Crippen MR) is 111 cm³/mol. The molecule has 1 aliphatic carbocycles. The summed E-state index contributed by atoms with van der Waals surface area (Å²) in [5.41, 5.74) is 3.74. The third-order valence-electron chi connectivity index (χ3n) is 5.21. The van der Waals surface area contributed by atoms with Gasteiger partial charge in [0.05, 0.1) is 11.1 Å². The van der Waals surface area contributed by atoms with E-state index >= 15 is 0 Å². The molecule has 1 aliphatic rings. The van der Waals surface area contributed by atoms with E-state index < -0.39 is 0 Å². The van der Waals surface area contributed by atoms with Gasteiger partial charge < -0.3 is 19.5 Å². The number of aromatic nitrogens is 2. The second-order valence-corrected chi connectivity index (χ2v) is 7.75. The summed E-state index contributed by atoms with van der Waals surface area (Å²) in [6, 6.07) is 5.42. The molecule has 4 rings (SSSR count). The zero-order valence-corrected chi connectivity index (χ0v) is 16.9. The largest absolute Gasteiger partial charge is 0.491 e. The van der Waals surface area contributed by atoms with Crippen molar-refractivity contribution in [2.24, 2.45) is 0 Å². The minimum atomic E-state index is -0.225. The minimum absolute atomic E-state index is 0.0377. The highest BCUT2D eigenvalue weighted by atomic mass is 16.5. The van der Waals surface area contributed by atoms with Gasteiger partial charge in [0.2, 0.25) is 0 Å². The van der Waals surface area contributed by atoms with Gasteiger partial charge in [0, 0.05) is 24.2 Å². The number of rotatable bonds is 6. The Morgan fingerprint density at radius 2 is 2.00 bits per heavy atom. The second-order valence-electron chi connectivity index (χ2n) is 7.75. The summed E-state index contributed by atoms with van der Waals surface area (Å²) >= 11 is 0. The van der Waals surface area contributed by atoms with Crippen molar-refractivity contribution in [1.29, 1.82) is 0 Å². The van der Waals surface area contributed by atoms with Crippen LogP contribution in [0.25, 0.3) is 11.0 Å². The lowest BCUT2D eigenvalue weighted by molar-refractivity contribution is 0.274. The summed E-state index contributed by atoms with van der Waals surface area (Å²) < 4.78 is 11.7. The van der Waals surface area contributed by atoms with Gasteiger partial charge in [-0.1, -0.05) is 0 Å². The Morgan fingerprint density at radius 1 is 1.21 bits per heavy atom. The lowest BCUT2D eigenvalue weighted by Crippen LogP contribution is -2.32. The Bertz CT molecular complexity index is 1180. The molecule has 29 heavy (non-hydrogen) atoms. The maximum Gasteiger partial charge on any atom is 0.339 e. The standard InChI is InChI=1S/C22H25N3O4/c1-12-7-18(21-16-5-4-6-17(16)22(27)29-19(21)8-12)28-11-13(2)23-10-15-9-20(26)25-14(3)24-15/h7-9,13,23H,4-6,10-11H2,1-3H3,(H,24,25,26). The fourth-order valence-corrected chi connectivity index (χ4v) is 3.90. The quantitative estimate of drug-likeness (QED) is 0.623. The van der Waals surface area contributed by atoms with Crippen LogP contribution >= 0.6 is 0 Å². The van der Waals surface area contributed by atoms with E-state index in [9.17, 15) is 9.59 Å². The van der Waals surface area contributed by atoms with Gasteiger partial charge in [0.15, 0.2) is 0 Å². The van der Waals surface area contributed by atoms with Gasteiger partial charge in [-0.05, 0) is 63.3 Å². The van der Waals surface area contributed by atoms with Crippen molar-refractivity contribution in [1.82, 2.24) is 15.3 Å². The number of nitrogens with one attached hydrogen (secondary N) is 2. The number of nitrogens with zero attached hydrogens (tertiary/aromatic N) is 1. The Balaban J connectivity index is 1.51. The van der Waals surface area contributed by atoms with Crippen LogP contribution in [-0.4, -0.2) is 22.6 Å². The van der Waals surface area contributed by atoms with Gasteiger partial charge in [0.25, 0.3) is 5.56 Å². The Morgan fingerprint density at radius 3 is 2.79 bits per heavy atom. The third kappa shape index (κ3) is 4.10. The normalized spacial score (nSPS) is 14.2. The maximum atomic E-state index is 12.2. The number of aryl methyl sites for hydroxylation is 3. The number of fused-ring (bicyclic) bond motifs is 3. The number of ether oxygens (including phenoxy) is 1. The highest BCUT2D eigenvalue weighted by Crippen LogP contribution is 2.35. The molecule has 0 radical (unpaired) electrons. The lowest BCUT2D eigenvalue weighted by Gasteiger charge is -2.17. The van der Waals surface area contributed by atoms with Crippen LogP contribution in [0.3, 0.4) is 0 Å². The van der Waals surface area contributed by atoms with Crippen LogP contribution in [0, 0.1) is 13.8 Å². The van der Waals surface area contributed by atoms with Crippen LogP contribution in [0.4, 0.5) is 0 Å². The Kier molecular flexibility index (Phi) is 5.24. The SMILES string of the molecule is Cc1cc(OCC(C)NCc2cc(=O)[nH]c(C)n2)c2c3c(c(=O)oc2c1)CCC3. The molecule has 7 nitrogen and oxygen atoms in total. The molecule has 1 atom stereocenters. The molecule has 7 heteroatoms.